The molecule has 3 nitrogen and oxygen atoms in total. The van der Waals surface area contributed by atoms with Gasteiger partial charge in [-0.05, 0) is 38.8 Å². The third kappa shape index (κ3) is 4.12. The number of ether oxygens (including phenoxy) is 1. The minimum Gasteiger partial charge on any atom is -0.468 e. The first-order valence-electron chi connectivity index (χ1n) is 5.97. The van der Waals surface area contributed by atoms with E-state index in [1.807, 2.05) is 14.0 Å². The highest BCUT2D eigenvalue weighted by Crippen LogP contribution is 2.31. The lowest BCUT2D eigenvalue weighted by Gasteiger charge is -2.40. The van der Waals surface area contributed by atoms with Gasteiger partial charge in [0.1, 0.15) is 5.54 Å². The van der Waals surface area contributed by atoms with Gasteiger partial charge in [0.2, 0.25) is 0 Å². The van der Waals surface area contributed by atoms with Gasteiger partial charge in [0.05, 0.1) is 7.11 Å². The molecule has 0 radical (unpaired) electrons. The molecule has 96 valence electrons. The van der Waals surface area contributed by atoms with Gasteiger partial charge in [-0.1, -0.05) is 27.7 Å². The number of nitrogens with zero attached hydrogens (tertiary/aromatic N) is 1. The maximum absolute atomic E-state index is 12.0. The topological polar surface area (TPSA) is 29.5 Å². The molecule has 0 aromatic rings. The summed E-state index contributed by atoms with van der Waals surface area (Å²) in [5.41, 5.74) is -0.423. The lowest BCUT2D eigenvalue weighted by Crippen LogP contribution is -2.53. The fraction of sp³-hybridized carbons (Fsp3) is 0.923. The first-order valence-corrected chi connectivity index (χ1v) is 5.97. The van der Waals surface area contributed by atoms with Crippen molar-refractivity contribution >= 4 is 5.97 Å². The summed E-state index contributed by atoms with van der Waals surface area (Å²) >= 11 is 0. The molecule has 0 spiro atoms. The second kappa shape index (κ2) is 5.67. The Hall–Kier alpha value is -0.570. The van der Waals surface area contributed by atoms with E-state index in [9.17, 15) is 4.79 Å². The van der Waals surface area contributed by atoms with Gasteiger partial charge in [-0.25, -0.2) is 0 Å². The van der Waals surface area contributed by atoms with E-state index in [2.05, 4.69) is 32.6 Å². The Bertz CT molecular complexity index is 233. The molecule has 0 heterocycles. The van der Waals surface area contributed by atoms with Crippen molar-refractivity contribution in [3.63, 3.8) is 0 Å². The predicted octanol–water partition coefficient (Wildman–Crippen LogP) is 2.70. The fourth-order valence-corrected chi connectivity index (χ4v) is 2.20. The van der Waals surface area contributed by atoms with Gasteiger partial charge in [0.25, 0.3) is 0 Å². The molecular weight excluding hydrogens is 202 g/mol. The predicted molar refractivity (Wildman–Crippen MR) is 67.4 cm³/mol. The molecule has 0 saturated carbocycles. The molecule has 3 heteroatoms. The SMILES string of the molecule is CCCN(C)C(C)(CC(C)(C)C)C(=O)OC. The minimum atomic E-state index is -0.525. The number of esters is 1. The highest BCUT2D eigenvalue weighted by Gasteiger charge is 2.41. The number of methoxy groups -OCH3 is 1. The summed E-state index contributed by atoms with van der Waals surface area (Å²) in [5, 5.41) is 0. The van der Waals surface area contributed by atoms with E-state index in [-0.39, 0.29) is 11.4 Å². The number of hydrogen-bond donors (Lipinski definition) is 0. The Morgan fingerprint density at radius 2 is 1.75 bits per heavy atom. The Kier molecular flexibility index (Phi) is 5.47. The van der Waals surface area contributed by atoms with Crippen molar-refractivity contribution in [2.75, 3.05) is 20.7 Å². The van der Waals surface area contributed by atoms with Crippen LogP contribution >= 0.6 is 0 Å². The molecular formula is C13H27NO2. The third-order valence-electron chi connectivity index (χ3n) is 2.90. The smallest absolute Gasteiger partial charge is 0.325 e. The number of likely N-dealkylation sites (N-methyl/N-ethyl adjacent to an activating group) is 1. The molecule has 0 aromatic heterocycles. The zero-order valence-corrected chi connectivity index (χ0v) is 11.9. The van der Waals surface area contributed by atoms with Crippen LogP contribution in [-0.4, -0.2) is 37.1 Å². The zero-order chi connectivity index (χ0) is 13.0. The van der Waals surface area contributed by atoms with Gasteiger partial charge in [0, 0.05) is 0 Å². The molecule has 0 aliphatic heterocycles. The van der Waals surface area contributed by atoms with E-state index in [0.29, 0.717) is 0 Å². The van der Waals surface area contributed by atoms with Crippen molar-refractivity contribution in [2.24, 2.45) is 5.41 Å². The summed E-state index contributed by atoms with van der Waals surface area (Å²) < 4.78 is 4.95. The summed E-state index contributed by atoms with van der Waals surface area (Å²) in [6.45, 7) is 11.4. The monoisotopic (exact) mass is 229 g/mol. The molecule has 1 unspecified atom stereocenters. The van der Waals surface area contributed by atoms with Crippen molar-refractivity contribution in [1.29, 1.82) is 0 Å². The molecule has 0 fully saturated rings. The van der Waals surface area contributed by atoms with Crippen LogP contribution in [0.1, 0.15) is 47.5 Å². The van der Waals surface area contributed by atoms with Crippen LogP contribution in [0.5, 0.6) is 0 Å². The summed E-state index contributed by atoms with van der Waals surface area (Å²) in [4.78, 5) is 14.1. The van der Waals surface area contributed by atoms with E-state index in [0.717, 1.165) is 19.4 Å². The average Bonchev–Trinajstić information content (AvgIpc) is 2.14. The van der Waals surface area contributed by atoms with Crippen molar-refractivity contribution in [2.45, 2.75) is 53.0 Å². The van der Waals surface area contributed by atoms with E-state index in [4.69, 9.17) is 4.74 Å². The summed E-state index contributed by atoms with van der Waals surface area (Å²) in [6.07, 6.45) is 1.83. The Labute approximate surface area is 100 Å². The molecule has 0 aliphatic carbocycles. The summed E-state index contributed by atoms with van der Waals surface area (Å²) in [5.74, 6) is -0.140. The standard InChI is InChI=1S/C13H27NO2/c1-8-9-14(6)13(5,11(15)16-7)10-12(2,3)4/h8-10H2,1-7H3. The van der Waals surface area contributed by atoms with Crippen molar-refractivity contribution in [3.8, 4) is 0 Å². The van der Waals surface area contributed by atoms with Gasteiger partial charge in [0.15, 0.2) is 0 Å². The molecule has 0 aromatic carbocycles. The second-order valence-electron chi connectivity index (χ2n) is 5.92. The molecule has 16 heavy (non-hydrogen) atoms. The average molecular weight is 229 g/mol. The van der Waals surface area contributed by atoms with Crippen LogP contribution in [0, 0.1) is 5.41 Å². The third-order valence-corrected chi connectivity index (χ3v) is 2.90. The first-order chi connectivity index (χ1) is 7.17. The van der Waals surface area contributed by atoms with Gasteiger partial charge in [-0.15, -0.1) is 0 Å². The van der Waals surface area contributed by atoms with Crippen LogP contribution in [0.15, 0.2) is 0 Å². The van der Waals surface area contributed by atoms with E-state index >= 15 is 0 Å². The van der Waals surface area contributed by atoms with Crippen LogP contribution in [0.4, 0.5) is 0 Å². The highest BCUT2D eigenvalue weighted by molar-refractivity contribution is 5.80. The zero-order valence-electron chi connectivity index (χ0n) is 11.9. The summed E-state index contributed by atoms with van der Waals surface area (Å²) in [7, 11) is 3.45. The Morgan fingerprint density at radius 3 is 2.06 bits per heavy atom. The number of hydrogen-bond acceptors (Lipinski definition) is 3. The maximum atomic E-state index is 12.0. The number of rotatable bonds is 5. The van der Waals surface area contributed by atoms with Crippen LogP contribution < -0.4 is 0 Å². The molecule has 0 rings (SSSR count). The Morgan fingerprint density at radius 1 is 1.25 bits per heavy atom. The van der Waals surface area contributed by atoms with Crippen LogP contribution in [0.25, 0.3) is 0 Å². The second-order valence-corrected chi connectivity index (χ2v) is 5.92. The number of carbonyl (C=O) groups is 1. The van der Waals surface area contributed by atoms with Gasteiger partial charge in [-0.2, -0.15) is 0 Å². The molecule has 0 bridgehead atoms. The summed E-state index contributed by atoms with van der Waals surface area (Å²) in [6, 6.07) is 0. The molecule has 0 amide bonds. The molecule has 0 N–H and O–H groups in total. The van der Waals surface area contributed by atoms with E-state index < -0.39 is 5.54 Å². The van der Waals surface area contributed by atoms with Crippen molar-refractivity contribution < 1.29 is 9.53 Å². The lowest BCUT2D eigenvalue weighted by atomic mass is 9.79. The van der Waals surface area contributed by atoms with Gasteiger partial charge in [-0.3, -0.25) is 9.69 Å². The van der Waals surface area contributed by atoms with Gasteiger partial charge < -0.3 is 4.74 Å². The van der Waals surface area contributed by atoms with E-state index in [1.165, 1.54) is 7.11 Å². The highest BCUT2D eigenvalue weighted by atomic mass is 16.5. The molecule has 0 aliphatic rings. The maximum Gasteiger partial charge on any atom is 0.325 e. The van der Waals surface area contributed by atoms with Crippen LogP contribution in [0.3, 0.4) is 0 Å². The normalized spacial score (nSPS) is 16.0. The first kappa shape index (κ1) is 15.4. The van der Waals surface area contributed by atoms with Gasteiger partial charge >= 0.3 is 5.97 Å². The van der Waals surface area contributed by atoms with Crippen LogP contribution in [-0.2, 0) is 9.53 Å². The van der Waals surface area contributed by atoms with Crippen LogP contribution in [0.2, 0.25) is 0 Å². The van der Waals surface area contributed by atoms with E-state index in [1.54, 1.807) is 0 Å². The quantitative estimate of drug-likeness (QED) is 0.679. The Balaban J connectivity index is 4.95. The lowest BCUT2D eigenvalue weighted by molar-refractivity contribution is -0.155. The minimum absolute atomic E-state index is 0.102. The van der Waals surface area contributed by atoms with Crippen molar-refractivity contribution in [3.05, 3.63) is 0 Å². The number of carbonyl (C=O) groups excluding carboxylic acids is 1. The molecule has 0 saturated heterocycles. The largest absolute Gasteiger partial charge is 0.468 e. The van der Waals surface area contributed by atoms with Crippen molar-refractivity contribution in [1.82, 2.24) is 4.90 Å². The molecule has 1 atom stereocenters. The fourth-order valence-electron chi connectivity index (χ4n) is 2.20.